The van der Waals surface area contributed by atoms with Crippen molar-refractivity contribution in [3.63, 3.8) is 0 Å². The van der Waals surface area contributed by atoms with E-state index in [0.717, 1.165) is 24.1 Å². The maximum absolute atomic E-state index is 12.2. The Balaban J connectivity index is 1.57. The van der Waals surface area contributed by atoms with E-state index in [1.165, 1.54) is 31.0 Å². The van der Waals surface area contributed by atoms with E-state index in [4.69, 9.17) is 11.6 Å². The standard InChI is InChI=1S/C16H20ClN5OS/c1-11-9-12(17)7-8-14(11)18-15(23)10-24-16-19-20-21-22(16)13-5-3-2-4-6-13/h7-9,13H,2-6,10H2,1H3,(H,18,23). The van der Waals surface area contributed by atoms with E-state index in [0.29, 0.717) is 16.2 Å². The number of carbonyl (C=O) groups is 1. The third-order valence-corrected chi connectivity index (χ3v) is 5.35. The summed E-state index contributed by atoms with van der Waals surface area (Å²) in [5.41, 5.74) is 1.71. The van der Waals surface area contributed by atoms with Crippen LogP contribution in [0.3, 0.4) is 0 Å². The average molecular weight is 366 g/mol. The van der Waals surface area contributed by atoms with Crippen molar-refractivity contribution in [1.29, 1.82) is 0 Å². The Kier molecular flexibility index (Phi) is 5.73. The molecule has 128 valence electrons. The summed E-state index contributed by atoms with van der Waals surface area (Å²) in [5, 5.41) is 16.2. The van der Waals surface area contributed by atoms with Gasteiger partial charge >= 0.3 is 0 Å². The second kappa shape index (κ2) is 7.98. The number of halogens is 1. The van der Waals surface area contributed by atoms with Crippen LogP contribution in [-0.4, -0.2) is 31.9 Å². The lowest BCUT2D eigenvalue weighted by molar-refractivity contribution is -0.113. The summed E-state index contributed by atoms with van der Waals surface area (Å²) >= 11 is 7.30. The lowest BCUT2D eigenvalue weighted by atomic mass is 9.96. The van der Waals surface area contributed by atoms with Gasteiger partial charge in [0.15, 0.2) is 0 Å². The topological polar surface area (TPSA) is 72.7 Å². The quantitative estimate of drug-likeness (QED) is 0.814. The zero-order valence-corrected chi connectivity index (χ0v) is 15.1. The molecule has 0 saturated heterocycles. The molecule has 3 rings (SSSR count). The van der Waals surface area contributed by atoms with Crippen LogP contribution in [0, 0.1) is 6.92 Å². The zero-order valence-electron chi connectivity index (χ0n) is 13.5. The molecule has 1 aromatic carbocycles. The van der Waals surface area contributed by atoms with Crippen molar-refractivity contribution in [1.82, 2.24) is 20.2 Å². The minimum Gasteiger partial charge on any atom is -0.325 e. The molecule has 8 heteroatoms. The molecule has 2 aromatic rings. The molecule has 1 aliphatic carbocycles. The Bertz CT molecular complexity index is 714. The number of tetrazole rings is 1. The molecular formula is C16H20ClN5OS. The van der Waals surface area contributed by atoms with E-state index >= 15 is 0 Å². The summed E-state index contributed by atoms with van der Waals surface area (Å²) in [7, 11) is 0. The first-order chi connectivity index (χ1) is 11.6. The van der Waals surface area contributed by atoms with Crippen LogP contribution in [0.15, 0.2) is 23.4 Å². The lowest BCUT2D eigenvalue weighted by Crippen LogP contribution is -2.17. The van der Waals surface area contributed by atoms with Crippen LogP contribution in [0.4, 0.5) is 5.69 Å². The number of aryl methyl sites for hydroxylation is 1. The number of nitrogens with one attached hydrogen (secondary N) is 1. The highest BCUT2D eigenvalue weighted by molar-refractivity contribution is 7.99. The lowest BCUT2D eigenvalue weighted by Gasteiger charge is -2.21. The highest BCUT2D eigenvalue weighted by Crippen LogP contribution is 2.30. The molecule has 0 spiro atoms. The number of nitrogens with zero attached hydrogens (tertiary/aromatic N) is 4. The third-order valence-electron chi connectivity index (χ3n) is 4.18. The Hall–Kier alpha value is -1.60. The fourth-order valence-electron chi connectivity index (χ4n) is 2.92. The van der Waals surface area contributed by atoms with E-state index in [9.17, 15) is 4.79 Å². The number of carbonyl (C=O) groups excluding carboxylic acids is 1. The van der Waals surface area contributed by atoms with E-state index < -0.39 is 0 Å². The molecule has 6 nitrogen and oxygen atoms in total. The van der Waals surface area contributed by atoms with Crippen molar-refractivity contribution in [3.8, 4) is 0 Å². The van der Waals surface area contributed by atoms with Gasteiger partial charge in [-0.2, -0.15) is 0 Å². The zero-order chi connectivity index (χ0) is 16.9. The minimum atomic E-state index is -0.0800. The predicted octanol–water partition coefficient (Wildman–Crippen LogP) is 3.87. The fourth-order valence-corrected chi connectivity index (χ4v) is 3.89. The van der Waals surface area contributed by atoms with Crippen molar-refractivity contribution in [2.24, 2.45) is 0 Å². The summed E-state index contributed by atoms with van der Waals surface area (Å²) in [6.07, 6.45) is 5.92. The smallest absolute Gasteiger partial charge is 0.234 e. The number of thioether (sulfide) groups is 1. The van der Waals surface area contributed by atoms with Crippen molar-refractivity contribution >= 4 is 35.0 Å². The number of rotatable bonds is 5. The maximum atomic E-state index is 12.2. The predicted molar refractivity (Wildman–Crippen MR) is 95.5 cm³/mol. The normalized spacial score (nSPS) is 15.4. The fraction of sp³-hybridized carbons (Fsp3) is 0.500. The van der Waals surface area contributed by atoms with Gasteiger partial charge in [0.05, 0.1) is 11.8 Å². The molecule has 0 atom stereocenters. The molecule has 1 N–H and O–H groups in total. The number of hydrogen-bond donors (Lipinski definition) is 1. The first kappa shape index (κ1) is 17.2. The number of benzene rings is 1. The number of hydrogen-bond acceptors (Lipinski definition) is 5. The van der Waals surface area contributed by atoms with Gasteiger partial charge in [0.25, 0.3) is 0 Å². The van der Waals surface area contributed by atoms with Crippen LogP contribution in [-0.2, 0) is 4.79 Å². The molecule has 1 amide bonds. The van der Waals surface area contributed by atoms with Gasteiger partial charge in [-0.15, -0.1) is 5.10 Å². The van der Waals surface area contributed by atoms with E-state index in [1.54, 1.807) is 6.07 Å². The molecular weight excluding hydrogens is 346 g/mol. The van der Waals surface area contributed by atoms with Gasteiger partial charge in [0.1, 0.15) is 0 Å². The van der Waals surface area contributed by atoms with Crippen LogP contribution >= 0.6 is 23.4 Å². The molecule has 0 radical (unpaired) electrons. The molecule has 1 aromatic heterocycles. The van der Waals surface area contributed by atoms with Gasteiger partial charge in [0, 0.05) is 10.7 Å². The SMILES string of the molecule is Cc1cc(Cl)ccc1NC(=O)CSc1nnnn1C1CCCCC1. The van der Waals surface area contributed by atoms with Gasteiger partial charge < -0.3 is 5.32 Å². The van der Waals surface area contributed by atoms with Crippen LogP contribution in [0.25, 0.3) is 0 Å². The molecule has 0 aliphatic heterocycles. The molecule has 24 heavy (non-hydrogen) atoms. The van der Waals surface area contributed by atoms with Gasteiger partial charge in [-0.25, -0.2) is 4.68 Å². The number of amides is 1. The Labute approximate surface area is 150 Å². The van der Waals surface area contributed by atoms with Crippen LogP contribution in [0.1, 0.15) is 43.7 Å². The highest BCUT2D eigenvalue weighted by atomic mass is 35.5. The monoisotopic (exact) mass is 365 g/mol. The first-order valence-corrected chi connectivity index (χ1v) is 9.46. The summed E-state index contributed by atoms with van der Waals surface area (Å²) in [6.45, 7) is 1.91. The van der Waals surface area contributed by atoms with E-state index in [1.807, 2.05) is 23.7 Å². The summed E-state index contributed by atoms with van der Waals surface area (Å²) in [5.74, 6) is 0.193. The van der Waals surface area contributed by atoms with Gasteiger partial charge in [-0.3, -0.25) is 4.79 Å². The Morgan fingerprint density at radius 1 is 1.38 bits per heavy atom. The maximum Gasteiger partial charge on any atom is 0.234 e. The molecule has 1 saturated carbocycles. The van der Waals surface area contributed by atoms with Gasteiger partial charge in [0.2, 0.25) is 11.1 Å². The Morgan fingerprint density at radius 2 is 2.17 bits per heavy atom. The molecule has 1 fully saturated rings. The second-order valence-corrected chi connectivity index (χ2v) is 7.37. The number of aromatic nitrogens is 4. The highest BCUT2D eigenvalue weighted by Gasteiger charge is 2.20. The average Bonchev–Trinajstić information content (AvgIpc) is 3.05. The summed E-state index contributed by atoms with van der Waals surface area (Å²) < 4.78 is 1.88. The molecule has 0 unspecified atom stereocenters. The van der Waals surface area contributed by atoms with Crippen molar-refractivity contribution in [2.45, 2.75) is 50.2 Å². The summed E-state index contributed by atoms with van der Waals surface area (Å²) in [6, 6.07) is 5.76. The van der Waals surface area contributed by atoms with Gasteiger partial charge in [-0.1, -0.05) is 42.6 Å². The summed E-state index contributed by atoms with van der Waals surface area (Å²) in [4.78, 5) is 12.2. The van der Waals surface area contributed by atoms with E-state index in [2.05, 4.69) is 20.8 Å². The third kappa shape index (κ3) is 4.27. The van der Waals surface area contributed by atoms with Crippen LogP contribution < -0.4 is 5.32 Å². The van der Waals surface area contributed by atoms with Crippen molar-refractivity contribution in [3.05, 3.63) is 28.8 Å². The van der Waals surface area contributed by atoms with E-state index in [-0.39, 0.29) is 11.7 Å². The minimum absolute atomic E-state index is 0.0800. The van der Waals surface area contributed by atoms with Crippen molar-refractivity contribution < 1.29 is 4.79 Å². The van der Waals surface area contributed by atoms with Crippen molar-refractivity contribution in [2.75, 3.05) is 11.1 Å². The second-order valence-electron chi connectivity index (χ2n) is 5.99. The number of anilines is 1. The Morgan fingerprint density at radius 3 is 2.92 bits per heavy atom. The van der Waals surface area contributed by atoms with Gasteiger partial charge in [-0.05, 0) is 54.0 Å². The molecule has 0 bridgehead atoms. The molecule has 1 aliphatic rings. The first-order valence-electron chi connectivity index (χ1n) is 8.10. The van der Waals surface area contributed by atoms with Crippen LogP contribution in [0.5, 0.6) is 0 Å². The molecule has 1 heterocycles. The largest absolute Gasteiger partial charge is 0.325 e. The van der Waals surface area contributed by atoms with Crippen LogP contribution in [0.2, 0.25) is 5.02 Å².